The van der Waals surface area contributed by atoms with E-state index in [4.69, 9.17) is 9.47 Å². The number of nitrogens with one attached hydrogen (secondary N) is 1. The van der Waals surface area contributed by atoms with Gasteiger partial charge in [0.2, 0.25) is 0 Å². The SMILES string of the molecule is COc1ccccc1-c1cnc(CCCN(C)CC[C@@]2(OC(=O)C(C)C)C[C@@H]3CC[C@H]2C=C3c2ccccc2)[nH]1. The van der Waals surface area contributed by atoms with Crippen LogP contribution in [0.4, 0.5) is 0 Å². The normalized spacial score (nSPS) is 22.0. The van der Waals surface area contributed by atoms with Gasteiger partial charge in [-0.05, 0) is 68.5 Å². The molecule has 0 radical (unpaired) electrons. The number of rotatable bonds is 12. The number of para-hydroxylation sites is 1. The summed E-state index contributed by atoms with van der Waals surface area (Å²) in [6, 6.07) is 18.7. The molecule has 0 saturated heterocycles. The molecule has 1 N–H and O–H groups in total. The van der Waals surface area contributed by atoms with E-state index in [1.54, 1.807) is 7.11 Å². The van der Waals surface area contributed by atoms with Gasteiger partial charge in [0.05, 0.1) is 24.9 Å². The van der Waals surface area contributed by atoms with E-state index in [9.17, 15) is 4.79 Å². The molecule has 6 rings (SSSR count). The highest BCUT2D eigenvalue weighted by atomic mass is 16.6. The summed E-state index contributed by atoms with van der Waals surface area (Å²) < 4.78 is 11.9. The van der Waals surface area contributed by atoms with E-state index in [1.807, 2.05) is 44.3 Å². The Morgan fingerprint density at radius 2 is 1.88 bits per heavy atom. The number of aromatic nitrogens is 2. The fourth-order valence-electron chi connectivity index (χ4n) is 6.41. The van der Waals surface area contributed by atoms with E-state index >= 15 is 0 Å². The molecule has 6 nitrogen and oxygen atoms in total. The molecular formula is C34H43N3O3. The lowest BCUT2D eigenvalue weighted by Gasteiger charge is -2.50. The van der Waals surface area contributed by atoms with Gasteiger partial charge in [-0.15, -0.1) is 0 Å². The number of carbonyl (C=O) groups excluding carboxylic acids is 1. The van der Waals surface area contributed by atoms with Gasteiger partial charge < -0.3 is 19.4 Å². The number of aromatic amines is 1. The summed E-state index contributed by atoms with van der Waals surface area (Å²) in [5.41, 5.74) is 4.33. The van der Waals surface area contributed by atoms with Crippen LogP contribution in [0.1, 0.15) is 57.3 Å². The van der Waals surface area contributed by atoms with Crippen molar-refractivity contribution in [2.75, 3.05) is 27.2 Å². The molecule has 3 atom stereocenters. The van der Waals surface area contributed by atoms with Crippen molar-refractivity contribution < 1.29 is 14.3 Å². The van der Waals surface area contributed by atoms with Crippen molar-refractivity contribution in [3.05, 3.63) is 78.3 Å². The summed E-state index contributed by atoms with van der Waals surface area (Å²) in [5.74, 6) is 2.33. The molecule has 40 heavy (non-hydrogen) atoms. The molecule has 1 saturated carbocycles. The Bertz CT molecular complexity index is 1310. The molecule has 3 aliphatic rings. The van der Waals surface area contributed by atoms with Crippen LogP contribution >= 0.6 is 0 Å². The Labute approximate surface area is 238 Å². The van der Waals surface area contributed by atoms with E-state index in [0.29, 0.717) is 5.92 Å². The van der Waals surface area contributed by atoms with Crippen LogP contribution in [-0.4, -0.2) is 53.7 Å². The summed E-state index contributed by atoms with van der Waals surface area (Å²) in [6.07, 6.45) is 10.2. The number of nitrogens with zero attached hydrogens (tertiary/aromatic N) is 2. The fraction of sp³-hybridized carbons (Fsp3) is 0.471. The van der Waals surface area contributed by atoms with Gasteiger partial charge in [0.1, 0.15) is 17.2 Å². The van der Waals surface area contributed by atoms with Crippen molar-refractivity contribution in [3.63, 3.8) is 0 Å². The number of allylic oxidation sites excluding steroid dienone is 1. The Hall–Kier alpha value is -3.38. The summed E-state index contributed by atoms with van der Waals surface area (Å²) in [7, 11) is 3.86. The zero-order chi connectivity index (χ0) is 28.1. The monoisotopic (exact) mass is 541 g/mol. The number of carbonyl (C=O) groups is 1. The number of fused-ring (bicyclic) bond motifs is 2. The molecule has 0 unspecified atom stereocenters. The third-order valence-corrected chi connectivity index (χ3v) is 8.69. The Morgan fingerprint density at radius 1 is 1.10 bits per heavy atom. The second-order valence-corrected chi connectivity index (χ2v) is 11.8. The Morgan fingerprint density at radius 3 is 2.60 bits per heavy atom. The number of ether oxygens (including phenoxy) is 2. The topological polar surface area (TPSA) is 67.5 Å². The molecular weight excluding hydrogens is 498 g/mol. The fourth-order valence-corrected chi connectivity index (χ4v) is 6.41. The zero-order valence-corrected chi connectivity index (χ0v) is 24.4. The number of benzene rings is 2. The molecule has 6 heteroatoms. The predicted octanol–water partition coefficient (Wildman–Crippen LogP) is 6.79. The van der Waals surface area contributed by atoms with Crippen LogP contribution in [-0.2, 0) is 16.0 Å². The van der Waals surface area contributed by atoms with Gasteiger partial charge in [0.15, 0.2) is 0 Å². The van der Waals surface area contributed by atoms with Crippen molar-refractivity contribution in [1.82, 2.24) is 14.9 Å². The van der Waals surface area contributed by atoms with Crippen LogP contribution in [0.2, 0.25) is 0 Å². The lowest BCUT2D eigenvalue weighted by atomic mass is 9.60. The summed E-state index contributed by atoms with van der Waals surface area (Å²) in [4.78, 5) is 23.3. The molecule has 1 fully saturated rings. The smallest absolute Gasteiger partial charge is 0.308 e. The van der Waals surface area contributed by atoms with Crippen LogP contribution in [0.15, 0.2) is 66.9 Å². The van der Waals surface area contributed by atoms with Crippen molar-refractivity contribution in [2.45, 2.75) is 58.0 Å². The third kappa shape index (κ3) is 6.17. The summed E-state index contributed by atoms with van der Waals surface area (Å²) >= 11 is 0. The number of methoxy groups -OCH3 is 1. The number of hydrogen-bond acceptors (Lipinski definition) is 5. The first-order chi connectivity index (χ1) is 19.4. The standard InChI is InChI=1S/C34H43N3O3/c1-24(2)33(38)40-34(22-26-16-17-27(34)21-29(26)25-11-6-5-7-12-25)18-20-37(3)19-10-15-32-35-23-30(36-32)28-13-8-9-14-31(28)39-4/h5-9,11-14,21,23-24,26-27H,10,15-20,22H2,1-4H3,(H,35,36)/t26-,27-,34+/m0/s1. The van der Waals surface area contributed by atoms with Gasteiger partial charge in [0, 0.05) is 30.9 Å². The molecule has 0 amide bonds. The van der Waals surface area contributed by atoms with E-state index in [2.05, 4.69) is 58.3 Å². The molecule has 2 bridgehead atoms. The maximum atomic E-state index is 12.9. The van der Waals surface area contributed by atoms with Crippen LogP contribution < -0.4 is 4.74 Å². The summed E-state index contributed by atoms with van der Waals surface area (Å²) in [6.45, 7) is 5.72. The highest BCUT2D eigenvalue weighted by Crippen LogP contribution is 2.53. The molecule has 1 aromatic heterocycles. The van der Waals surface area contributed by atoms with Crippen LogP contribution in [0.3, 0.4) is 0 Å². The predicted molar refractivity (Wildman–Crippen MR) is 160 cm³/mol. The third-order valence-electron chi connectivity index (χ3n) is 8.69. The average Bonchev–Trinajstić information content (AvgIpc) is 3.45. The van der Waals surface area contributed by atoms with Gasteiger partial charge in [-0.1, -0.05) is 62.4 Å². The van der Waals surface area contributed by atoms with Crippen LogP contribution in [0.25, 0.3) is 16.8 Å². The maximum absolute atomic E-state index is 12.9. The minimum absolute atomic E-state index is 0.0754. The average molecular weight is 542 g/mol. The van der Waals surface area contributed by atoms with Crippen molar-refractivity contribution in [3.8, 4) is 17.0 Å². The highest BCUT2D eigenvalue weighted by Gasteiger charge is 2.50. The van der Waals surface area contributed by atoms with Gasteiger partial charge in [0.25, 0.3) is 0 Å². The molecule has 3 aliphatic carbocycles. The van der Waals surface area contributed by atoms with E-state index < -0.39 is 5.60 Å². The lowest BCUT2D eigenvalue weighted by molar-refractivity contribution is -0.176. The highest BCUT2D eigenvalue weighted by molar-refractivity contribution is 5.74. The number of hydrogen-bond donors (Lipinski definition) is 1. The number of imidazole rings is 1. The molecule has 3 aromatic rings. The molecule has 212 valence electrons. The number of esters is 1. The first-order valence-corrected chi connectivity index (χ1v) is 14.7. The molecule has 0 aliphatic heterocycles. The largest absolute Gasteiger partial charge is 0.496 e. The Balaban J connectivity index is 1.20. The van der Waals surface area contributed by atoms with E-state index in [0.717, 1.165) is 68.0 Å². The molecule has 1 heterocycles. The second-order valence-electron chi connectivity index (χ2n) is 11.8. The van der Waals surface area contributed by atoms with Gasteiger partial charge in [-0.2, -0.15) is 0 Å². The van der Waals surface area contributed by atoms with Gasteiger partial charge in [-0.25, -0.2) is 4.98 Å². The summed E-state index contributed by atoms with van der Waals surface area (Å²) in [5, 5.41) is 0. The van der Waals surface area contributed by atoms with Crippen molar-refractivity contribution >= 4 is 11.5 Å². The minimum atomic E-state index is -0.415. The first kappa shape index (κ1) is 28.2. The number of H-pyrrole nitrogens is 1. The second kappa shape index (κ2) is 12.4. The Kier molecular flexibility index (Phi) is 8.75. The molecule has 0 spiro atoms. The van der Waals surface area contributed by atoms with Crippen molar-refractivity contribution in [2.24, 2.45) is 17.8 Å². The lowest BCUT2D eigenvalue weighted by Crippen LogP contribution is -2.51. The quantitative estimate of drug-likeness (QED) is 0.256. The van der Waals surface area contributed by atoms with Crippen LogP contribution in [0.5, 0.6) is 5.75 Å². The van der Waals surface area contributed by atoms with Crippen molar-refractivity contribution in [1.29, 1.82) is 0 Å². The van der Waals surface area contributed by atoms with E-state index in [-0.39, 0.29) is 17.8 Å². The maximum Gasteiger partial charge on any atom is 0.308 e. The van der Waals surface area contributed by atoms with Crippen LogP contribution in [0, 0.1) is 17.8 Å². The van der Waals surface area contributed by atoms with Gasteiger partial charge in [-0.3, -0.25) is 4.79 Å². The number of aryl methyl sites for hydroxylation is 1. The first-order valence-electron chi connectivity index (χ1n) is 14.7. The van der Waals surface area contributed by atoms with E-state index in [1.165, 1.54) is 17.6 Å². The molecule has 2 aromatic carbocycles. The minimum Gasteiger partial charge on any atom is -0.496 e. The van der Waals surface area contributed by atoms with Gasteiger partial charge >= 0.3 is 5.97 Å². The zero-order valence-electron chi connectivity index (χ0n) is 24.4.